The number of carbonyl (C=O) groups excluding carboxylic acids is 1. The Balaban J connectivity index is 1.37. The van der Waals surface area contributed by atoms with Gasteiger partial charge in [0.05, 0.1) is 17.3 Å². The number of hydrogen-bond donors (Lipinski definition) is 2. The standard InChI is InChI=1S/C27H25N5O3/c1-17-2-5-20(25(33)32-15-21(16-32)19-6-3-18(13-28)4-7-19)12-22(17)24-23(14-29)30-26(31-24)27(34)8-10-35-11-9-27/h2-7,12,21,34H,8-11,15-16H2,1H3,(H,30,31). The summed E-state index contributed by atoms with van der Waals surface area (Å²) in [5, 5.41) is 29.7. The van der Waals surface area contributed by atoms with Crippen LogP contribution in [0.1, 0.15) is 57.3 Å². The van der Waals surface area contributed by atoms with E-state index in [1.807, 2.05) is 25.1 Å². The molecule has 2 N–H and O–H groups in total. The molecule has 35 heavy (non-hydrogen) atoms. The lowest BCUT2D eigenvalue weighted by molar-refractivity contribution is -0.0728. The minimum Gasteiger partial charge on any atom is -0.382 e. The van der Waals surface area contributed by atoms with Crippen molar-refractivity contribution in [2.24, 2.45) is 0 Å². The molecule has 0 aliphatic carbocycles. The van der Waals surface area contributed by atoms with Crippen molar-refractivity contribution in [1.82, 2.24) is 14.9 Å². The molecule has 0 spiro atoms. The van der Waals surface area contributed by atoms with E-state index in [1.165, 1.54) is 0 Å². The van der Waals surface area contributed by atoms with E-state index in [0.29, 0.717) is 67.4 Å². The largest absolute Gasteiger partial charge is 0.382 e. The van der Waals surface area contributed by atoms with Gasteiger partial charge in [0.25, 0.3) is 5.91 Å². The van der Waals surface area contributed by atoms with Gasteiger partial charge < -0.3 is 19.7 Å². The number of amides is 1. The number of nitrogens with one attached hydrogen (secondary N) is 1. The predicted molar refractivity (Wildman–Crippen MR) is 127 cm³/mol. The Morgan fingerprint density at radius 1 is 1.14 bits per heavy atom. The Bertz CT molecular complexity index is 1350. The number of nitriles is 2. The van der Waals surface area contributed by atoms with Crippen LogP contribution in [0, 0.1) is 29.6 Å². The maximum atomic E-state index is 13.2. The molecule has 2 aromatic carbocycles. The SMILES string of the molecule is Cc1ccc(C(=O)N2CC(c3ccc(C#N)cc3)C2)cc1-c1[nH]c(C2(O)CCOCC2)nc1C#N. The van der Waals surface area contributed by atoms with E-state index < -0.39 is 5.60 Å². The van der Waals surface area contributed by atoms with Gasteiger partial charge >= 0.3 is 0 Å². The van der Waals surface area contributed by atoms with Crippen molar-refractivity contribution < 1.29 is 14.6 Å². The predicted octanol–water partition coefficient (Wildman–Crippen LogP) is 3.37. The van der Waals surface area contributed by atoms with Gasteiger partial charge in [-0.2, -0.15) is 10.5 Å². The Labute approximate surface area is 203 Å². The molecular weight excluding hydrogens is 442 g/mol. The third-order valence-corrected chi connectivity index (χ3v) is 7.00. The normalized spacial score (nSPS) is 17.3. The number of aryl methyl sites for hydroxylation is 1. The molecule has 2 aliphatic heterocycles. The number of aromatic nitrogens is 2. The first-order chi connectivity index (χ1) is 16.9. The summed E-state index contributed by atoms with van der Waals surface area (Å²) in [4.78, 5) is 22.6. The van der Waals surface area contributed by atoms with Crippen molar-refractivity contribution in [3.63, 3.8) is 0 Å². The van der Waals surface area contributed by atoms with Gasteiger partial charge in [-0.1, -0.05) is 18.2 Å². The number of aromatic amines is 1. The van der Waals surface area contributed by atoms with Gasteiger partial charge in [-0.05, 0) is 42.3 Å². The summed E-state index contributed by atoms with van der Waals surface area (Å²) in [6.45, 7) is 3.99. The van der Waals surface area contributed by atoms with Gasteiger partial charge in [-0.15, -0.1) is 0 Å². The highest BCUT2D eigenvalue weighted by molar-refractivity contribution is 5.96. The lowest BCUT2D eigenvalue weighted by Crippen LogP contribution is -2.48. The summed E-state index contributed by atoms with van der Waals surface area (Å²) in [6.07, 6.45) is 0.801. The minimum absolute atomic E-state index is 0.0718. The van der Waals surface area contributed by atoms with Gasteiger partial charge in [0.2, 0.25) is 0 Å². The van der Waals surface area contributed by atoms with E-state index in [4.69, 9.17) is 10.00 Å². The van der Waals surface area contributed by atoms with Gasteiger partial charge in [-0.3, -0.25) is 4.79 Å². The number of carbonyl (C=O) groups is 1. The van der Waals surface area contributed by atoms with E-state index in [1.54, 1.807) is 29.2 Å². The van der Waals surface area contributed by atoms with Crippen LogP contribution in [0.5, 0.6) is 0 Å². The summed E-state index contributed by atoms with van der Waals surface area (Å²) >= 11 is 0. The number of H-pyrrole nitrogens is 1. The molecule has 8 heteroatoms. The first-order valence-electron chi connectivity index (χ1n) is 11.6. The molecule has 1 amide bonds. The number of benzene rings is 2. The van der Waals surface area contributed by atoms with Crippen molar-refractivity contribution >= 4 is 5.91 Å². The number of aliphatic hydroxyl groups is 1. The van der Waals surface area contributed by atoms with Crippen molar-refractivity contribution in [1.29, 1.82) is 10.5 Å². The molecule has 0 saturated carbocycles. The lowest BCUT2D eigenvalue weighted by atomic mass is 9.90. The highest BCUT2D eigenvalue weighted by Crippen LogP contribution is 2.35. The molecule has 2 saturated heterocycles. The zero-order chi connectivity index (χ0) is 24.6. The number of hydrogen-bond acceptors (Lipinski definition) is 6. The quantitative estimate of drug-likeness (QED) is 0.606. The van der Waals surface area contributed by atoms with Crippen LogP contribution in [0.3, 0.4) is 0 Å². The van der Waals surface area contributed by atoms with Crippen LogP contribution in [0.15, 0.2) is 42.5 Å². The van der Waals surface area contributed by atoms with Crippen LogP contribution in [0.4, 0.5) is 0 Å². The summed E-state index contributed by atoms with van der Waals surface area (Å²) in [5.74, 6) is 0.533. The Morgan fingerprint density at radius 2 is 1.86 bits per heavy atom. The third-order valence-electron chi connectivity index (χ3n) is 7.00. The van der Waals surface area contributed by atoms with Crippen LogP contribution in [-0.4, -0.2) is 52.2 Å². The fourth-order valence-corrected chi connectivity index (χ4v) is 4.71. The van der Waals surface area contributed by atoms with Crippen LogP contribution in [-0.2, 0) is 10.3 Å². The summed E-state index contributed by atoms with van der Waals surface area (Å²) in [6, 6.07) is 17.2. The Morgan fingerprint density at radius 3 is 2.51 bits per heavy atom. The Hall–Kier alpha value is -3.98. The third kappa shape index (κ3) is 4.19. The van der Waals surface area contributed by atoms with Crippen LogP contribution >= 0.6 is 0 Å². The Kier molecular flexibility index (Phi) is 5.86. The van der Waals surface area contributed by atoms with E-state index in [0.717, 1.165) is 11.1 Å². The number of likely N-dealkylation sites (tertiary alicyclic amines) is 1. The molecule has 3 aromatic rings. The number of ether oxygens (including phenoxy) is 1. The monoisotopic (exact) mass is 467 g/mol. The maximum Gasteiger partial charge on any atom is 0.253 e. The van der Waals surface area contributed by atoms with Crippen molar-refractivity contribution in [3.8, 4) is 23.4 Å². The molecule has 0 radical (unpaired) electrons. The lowest BCUT2D eigenvalue weighted by Gasteiger charge is -2.39. The molecule has 5 rings (SSSR count). The zero-order valence-electron chi connectivity index (χ0n) is 19.4. The molecule has 8 nitrogen and oxygen atoms in total. The molecule has 0 atom stereocenters. The molecule has 1 aromatic heterocycles. The second kappa shape index (κ2) is 8.99. The highest BCUT2D eigenvalue weighted by atomic mass is 16.5. The summed E-state index contributed by atoms with van der Waals surface area (Å²) < 4.78 is 5.36. The second-order valence-corrected chi connectivity index (χ2v) is 9.24. The van der Waals surface area contributed by atoms with E-state index in [9.17, 15) is 15.2 Å². The molecule has 2 fully saturated rings. The van der Waals surface area contributed by atoms with E-state index in [2.05, 4.69) is 22.1 Å². The maximum absolute atomic E-state index is 13.2. The van der Waals surface area contributed by atoms with Crippen LogP contribution < -0.4 is 0 Å². The minimum atomic E-state index is -1.17. The fourth-order valence-electron chi connectivity index (χ4n) is 4.71. The van der Waals surface area contributed by atoms with Crippen molar-refractivity contribution in [3.05, 3.63) is 76.2 Å². The van der Waals surface area contributed by atoms with E-state index >= 15 is 0 Å². The van der Waals surface area contributed by atoms with Gasteiger partial charge in [0.1, 0.15) is 17.5 Å². The number of rotatable bonds is 4. The van der Waals surface area contributed by atoms with Crippen molar-refractivity contribution in [2.75, 3.05) is 26.3 Å². The highest BCUT2D eigenvalue weighted by Gasteiger charge is 2.36. The first-order valence-corrected chi connectivity index (χ1v) is 11.6. The van der Waals surface area contributed by atoms with Gasteiger partial charge in [0.15, 0.2) is 5.69 Å². The van der Waals surface area contributed by atoms with Crippen molar-refractivity contribution in [2.45, 2.75) is 31.3 Å². The summed E-state index contributed by atoms with van der Waals surface area (Å²) in [5.41, 5.74) is 3.42. The topological polar surface area (TPSA) is 126 Å². The van der Waals surface area contributed by atoms with Gasteiger partial charge in [-0.25, -0.2) is 4.98 Å². The molecular formula is C27H25N5O3. The average molecular weight is 468 g/mol. The number of imidazole rings is 1. The summed E-state index contributed by atoms with van der Waals surface area (Å²) in [7, 11) is 0. The van der Waals surface area contributed by atoms with E-state index in [-0.39, 0.29) is 17.5 Å². The van der Waals surface area contributed by atoms with Crippen LogP contribution in [0.2, 0.25) is 0 Å². The number of nitrogens with zero attached hydrogens (tertiary/aromatic N) is 4. The zero-order valence-corrected chi connectivity index (χ0v) is 19.4. The second-order valence-electron chi connectivity index (χ2n) is 9.24. The average Bonchev–Trinajstić information content (AvgIpc) is 3.29. The molecule has 0 bridgehead atoms. The fraction of sp³-hybridized carbons (Fsp3) is 0.333. The van der Waals surface area contributed by atoms with Gasteiger partial charge in [0, 0.05) is 56.2 Å². The first kappa shape index (κ1) is 22.8. The molecule has 2 aliphatic rings. The molecule has 176 valence electrons. The van der Waals surface area contributed by atoms with Crippen LogP contribution in [0.25, 0.3) is 11.3 Å². The smallest absolute Gasteiger partial charge is 0.253 e. The molecule has 0 unspecified atom stereocenters. The molecule has 3 heterocycles.